The number of hydrogen-bond acceptors (Lipinski definition) is 4. The topological polar surface area (TPSA) is 28.6 Å². The van der Waals surface area contributed by atoms with Gasteiger partial charge in [0.2, 0.25) is 0 Å². The maximum absolute atomic E-state index is 5.49. The Morgan fingerprint density at radius 1 is 1.08 bits per heavy atom. The van der Waals surface area contributed by atoms with E-state index in [-0.39, 0.29) is 0 Å². The largest absolute Gasteiger partial charge is 0.380 e. The van der Waals surface area contributed by atoms with E-state index in [1.54, 1.807) is 0 Å². The zero-order valence-corrected chi connectivity index (χ0v) is 15.0. The Morgan fingerprint density at radius 2 is 1.96 bits per heavy atom. The average Bonchev–Trinajstić information content (AvgIpc) is 3.10. The molecular formula is C21H27N3O. The van der Waals surface area contributed by atoms with Gasteiger partial charge in [-0.15, -0.1) is 0 Å². The lowest BCUT2D eigenvalue weighted by Gasteiger charge is -2.30. The molecule has 1 fully saturated rings. The van der Waals surface area contributed by atoms with Crippen LogP contribution in [-0.2, 0) is 30.8 Å². The monoisotopic (exact) mass is 337 g/mol. The molecule has 25 heavy (non-hydrogen) atoms. The molecule has 0 spiro atoms. The summed E-state index contributed by atoms with van der Waals surface area (Å²) in [5, 5.41) is 0. The Balaban J connectivity index is 1.43. The molecule has 0 bridgehead atoms. The van der Waals surface area contributed by atoms with Crippen molar-refractivity contribution < 1.29 is 4.74 Å². The molecule has 0 radical (unpaired) electrons. The number of fused-ring (bicyclic) bond motifs is 1. The smallest absolute Gasteiger partial charge is 0.0710 e. The van der Waals surface area contributed by atoms with Gasteiger partial charge in [-0.05, 0) is 35.6 Å². The second-order valence-electron chi connectivity index (χ2n) is 7.22. The van der Waals surface area contributed by atoms with Crippen LogP contribution in [0.3, 0.4) is 0 Å². The van der Waals surface area contributed by atoms with E-state index in [1.165, 1.54) is 22.4 Å². The van der Waals surface area contributed by atoms with Crippen molar-refractivity contribution in [2.75, 3.05) is 26.7 Å². The van der Waals surface area contributed by atoms with E-state index in [1.807, 2.05) is 13.3 Å². The molecule has 0 N–H and O–H groups in total. The molecule has 1 unspecified atom stereocenters. The van der Waals surface area contributed by atoms with Crippen LogP contribution in [0.2, 0.25) is 0 Å². The number of ether oxygens (including phenoxy) is 1. The van der Waals surface area contributed by atoms with Crippen molar-refractivity contribution in [3.63, 3.8) is 0 Å². The highest BCUT2D eigenvalue weighted by Crippen LogP contribution is 2.24. The molecule has 2 aliphatic rings. The fourth-order valence-corrected chi connectivity index (χ4v) is 4.08. The standard InChI is InChI=1S/C21H27N3O/c1-25-19-8-11-24(15-19)16-21-20-9-12-23(14-18(20)7-10-22-21)13-17-5-3-2-4-6-17/h2-7,10,19H,8-9,11-16H2,1H3. The maximum atomic E-state index is 5.49. The van der Waals surface area contributed by atoms with Gasteiger partial charge >= 0.3 is 0 Å². The van der Waals surface area contributed by atoms with Gasteiger partial charge in [-0.3, -0.25) is 14.8 Å². The van der Waals surface area contributed by atoms with Crippen LogP contribution >= 0.6 is 0 Å². The van der Waals surface area contributed by atoms with Crippen LogP contribution in [0.25, 0.3) is 0 Å². The molecule has 1 aromatic carbocycles. The zero-order valence-electron chi connectivity index (χ0n) is 15.0. The van der Waals surface area contributed by atoms with E-state index in [4.69, 9.17) is 9.72 Å². The summed E-state index contributed by atoms with van der Waals surface area (Å²) in [5.74, 6) is 0. The number of hydrogen-bond donors (Lipinski definition) is 0. The average molecular weight is 337 g/mol. The SMILES string of the molecule is COC1CCN(Cc2nccc3c2CCN(Cc2ccccc2)C3)C1. The molecule has 1 saturated heterocycles. The Kier molecular flexibility index (Phi) is 5.11. The minimum absolute atomic E-state index is 0.390. The van der Waals surface area contributed by atoms with Gasteiger partial charge in [0.15, 0.2) is 0 Å². The molecule has 1 aromatic heterocycles. The molecule has 0 saturated carbocycles. The molecule has 2 aromatic rings. The second kappa shape index (κ2) is 7.65. The van der Waals surface area contributed by atoms with Gasteiger partial charge in [-0.25, -0.2) is 0 Å². The summed E-state index contributed by atoms with van der Waals surface area (Å²) in [4.78, 5) is 9.73. The number of benzene rings is 1. The van der Waals surface area contributed by atoms with Gasteiger partial charge in [-0.2, -0.15) is 0 Å². The molecule has 2 aliphatic heterocycles. The van der Waals surface area contributed by atoms with Crippen LogP contribution in [0.15, 0.2) is 42.6 Å². The Morgan fingerprint density at radius 3 is 2.76 bits per heavy atom. The minimum Gasteiger partial charge on any atom is -0.380 e. The van der Waals surface area contributed by atoms with Crippen LogP contribution in [0.4, 0.5) is 0 Å². The van der Waals surface area contributed by atoms with Crippen LogP contribution in [0.5, 0.6) is 0 Å². The number of pyridine rings is 1. The van der Waals surface area contributed by atoms with Gasteiger partial charge < -0.3 is 4.74 Å². The summed E-state index contributed by atoms with van der Waals surface area (Å²) in [6.07, 6.45) is 4.62. The molecule has 4 rings (SSSR count). The minimum atomic E-state index is 0.390. The van der Waals surface area contributed by atoms with Gasteiger partial charge in [0.25, 0.3) is 0 Å². The van der Waals surface area contributed by atoms with Crippen molar-refractivity contribution in [1.29, 1.82) is 0 Å². The third kappa shape index (κ3) is 3.92. The highest BCUT2D eigenvalue weighted by Gasteiger charge is 2.25. The predicted molar refractivity (Wildman–Crippen MR) is 99.2 cm³/mol. The molecular weight excluding hydrogens is 310 g/mol. The van der Waals surface area contributed by atoms with E-state index in [9.17, 15) is 0 Å². The Hall–Kier alpha value is -1.75. The third-order valence-corrected chi connectivity index (χ3v) is 5.50. The lowest BCUT2D eigenvalue weighted by molar-refractivity contribution is 0.107. The highest BCUT2D eigenvalue weighted by atomic mass is 16.5. The van der Waals surface area contributed by atoms with E-state index >= 15 is 0 Å². The molecule has 132 valence electrons. The first-order valence-corrected chi connectivity index (χ1v) is 9.29. The molecule has 3 heterocycles. The van der Waals surface area contributed by atoms with Gasteiger partial charge in [0.05, 0.1) is 11.8 Å². The molecule has 0 aliphatic carbocycles. The first-order valence-electron chi connectivity index (χ1n) is 9.29. The predicted octanol–water partition coefficient (Wildman–Crippen LogP) is 2.86. The fourth-order valence-electron chi connectivity index (χ4n) is 4.08. The number of aromatic nitrogens is 1. The molecule has 1 atom stereocenters. The van der Waals surface area contributed by atoms with Crippen LogP contribution in [0.1, 0.15) is 28.8 Å². The van der Waals surface area contributed by atoms with Gasteiger partial charge in [-0.1, -0.05) is 30.3 Å². The van der Waals surface area contributed by atoms with Crippen molar-refractivity contribution in [3.8, 4) is 0 Å². The Bertz CT molecular complexity index is 704. The quantitative estimate of drug-likeness (QED) is 0.839. The molecule has 4 heteroatoms. The molecule has 4 nitrogen and oxygen atoms in total. The van der Waals surface area contributed by atoms with Crippen molar-refractivity contribution in [2.45, 2.75) is 38.6 Å². The summed E-state index contributed by atoms with van der Waals surface area (Å²) in [5.41, 5.74) is 5.60. The number of nitrogens with zero attached hydrogens (tertiary/aromatic N) is 3. The van der Waals surface area contributed by atoms with Crippen molar-refractivity contribution in [3.05, 3.63) is 65.0 Å². The van der Waals surface area contributed by atoms with E-state index < -0.39 is 0 Å². The maximum Gasteiger partial charge on any atom is 0.0710 e. The summed E-state index contributed by atoms with van der Waals surface area (Å²) >= 11 is 0. The number of rotatable bonds is 5. The van der Waals surface area contributed by atoms with Crippen LogP contribution in [-0.4, -0.2) is 47.6 Å². The normalized spacial score (nSPS) is 21.4. The van der Waals surface area contributed by atoms with E-state index in [0.29, 0.717) is 6.10 Å². The van der Waals surface area contributed by atoms with Crippen LogP contribution in [0, 0.1) is 0 Å². The first kappa shape index (κ1) is 16.7. The second-order valence-corrected chi connectivity index (χ2v) is 7.22. The summed E-state index contributed by atoms with van der Waals surface area (Å²) in [7, 11) is 1.82. The van der Waals surface area contributed by atoms with Crippen molar-refractivity contribution in [1.82, 2.24) is 14.8 Å². The highest BCUT2D eigenvalue weighted by molar-refractivity contribution is 5.32. The van der Waals surface area contributed by atoms with Gasteiger partial charge in [0.1, 0.15) is 0 Å². The lowest BCUT2D eigenvalue weighted by atomic mass is 9.98. The lowest BCUT2D eigenvalue weighted by Crippen LogP contribution is -2.32. The Labute approximate surface area is 150 Å². The third-order valence-electron chi connectivity index (χ3n) is 5.50. The van der Waals surface area contributed by atoms with Crippen molar-refractivity contribution in [2.24, 2.45) is 0 Å². The fraction of sp³-hybridized carbons (Fsp3) is 0.476. The summed E-state index contributed by atoms with van der Waals surface area (Å²) < 4.78 is 5.49. The van der Waals surface area contributed by atoms with E-state index in [2.05, 4.69) is 46.2 Å². The molecule has 0 amide bonds. The zero-order chi connectivity index (χ0) is 17.1. The summed E-state index contributed by atoms with van der Waals surface area (Å²) in [6.45, 7) is 6.27. The number of methoxy groups -OCH3 is 1. The van der Waals surface area contributed by atoms with Crippen molar-refractivity contribution >= 4 is 0 Å². The van der Waals surface area contributed by atoms with Crippen LogP contribution < -0.4 is 0 Å². The van der Waals surface area contributed by atoms with Gasteiger partial charge in [0, 0.05) is 52.6 Å². The first-order chi connectivity index (χ1) is 12.3. The number of likely N-dealkylation sites (tertiary alicyclic amines) is 1. The summed E-state index contributed by atoms with van der Waals surface area (Å²) in [6, 6.07) is 13.0. The van der Waals surface area contributed by atoms with E-state index in [0.717, 1.165) is 52.1 Å².